The average Bonchev–Trinajstić information content (AvgIpc) is 2.48. The zero-order valence-electron chi connectivity index (χ0n) is 12.3. The van der Waals surface area contributed by atoms with Crippen molar-refractivity contribution in [3.05, 3.63) is 39.7 Å². The quantitative estimate of drug-likeness (QED) is 0.712. The van der Waals surface area contributed by atoms with Crippen LogP contribution in [0.5, 0.6) is 0 Å². The highest BCUT2D eigenvalue weighted by atomic mass is 35.5. The number of benzene rings is 2. The lowest BCUT2D eigenvalue weighted by molar-refractivity contribution is 0.612. The van der Waals surface area contributed by atoms with Gasteiger partial charge < -0.3 is 9.73 Å². The summed E-state index contributed by atoms with van der Waals surface area (Å²) in [6.07, 6.45) is 0. The van der Waals surface area contributed by atoms with Crippen molar-refractivity contribution in [2.75, 3.05) is 18.4 Å². The topological polar surface area (TPSA) is 50.4 Å². The van der Waals surface area contributed by atoms with E-state index >= 15 is 0 Å². The monoisotopic (exact) mass is 335 g/mol. The molecule has 1 aliphatic heterocycles. The average molecular weight is 336 g/mol. The molecule has 1 aromatic rings. The minimum Gasteiger partial charge on any atom is -0.453 e. The van der Waals surface area contributed by atoms with Gasteiger partial charge in [-0.25, -0.2) is 4.98 Å². The number of fused-ring (bicyclic) bond motifs is 2. The molecule has 0 unspecified atom stereocenters. The van der Waals surface area contributed by atoms with Crippen molar-refractivity contribution in [1.29, 1.82) is 0 Å². The molecule has 22 heavy (non-hydrogen) atoms. The summed E-state index contributed by atoms with van der Waals surface area (Å²) in [6.45, 7) is 5.41. The van der Waals surface area contributed by atoms with Crippen LogP contribution in [0, 0.1) is 0 Å². The summed E-state index contributed by atoms with van der Waals surface area (Å²) in [5, 5.41) is 5.08. The van der Waals surface area contributed by atoms with Gasteiger partial charge in [-0.2, -0.15) is 0 Å². The maximum absolute atomic E-state index is 6.25. The third kappa shape index (κ3) is 2.76. The van der Waals surface area contributed by atoms with Crippen LogP contribution in [0.4, 0.5) is 5.69 Å². The number of nitrogens with one attached hydrogen (secondary N) is 1. The van der Waals surface area contributed by atoms with E-state index in [1.165, 1.54) is 0 Å². The van der Waals surface area contributed by atoms with Crippen molar-refractivity contribution in [3.8, 4) is 11.5 Å². The molecule has 114 valence electrons. The molecular formula is C16H15Cl2N3O. The first-order valence-electron chi connectivity index (χ1n) is 7.10. The number of hydrogen-bond donors (Lipinski definition) is 1. The van der Waals surface area contributed by atoms with E-state index in [4.69, 9.17) is 27.6 Å². The Labute approximate surface area is 138 Å². The first-order valence-corrected chi connectivity index (χ1v) is 7.86. The van der Waals surface area contributed by atoms with Gasteiger partial charge in [0.1, 0.15) is 11.2 Å². The van der Waals surface area contributed by atoms with Crippen LogP contribution in [0.15, 0.2) is 33.7 Å². The van der Waals surface area contributed by atoms with Crippen LogP contribution in [0.25, 0.3) is 22.6 Å². The first-order chi connectivity index (χ1) is 10.6. The van der Waals surface area contributed by atoms with Crippen LogP contribution in [0.2, 0.25) is 10.0 Å². The van der Waals surface area contributed by atoms with Crippen molar-refractivity contribution >= 4 is 40.0 Å². The molecule has 0 radical (unpaired) electrons. The van der Waals surface area contributed by atoms with Gasteiger partial charge in [-0.3, -0.25) is 4.99 Å². The van der Waals surface area contributed by atoms with Crippen LogP contribution in [-0.4, -0.2) is 18.1 Å². The number of nitrogens with zero attached hydrogens (tertiary/aromatic N) is 2. The van der Waals surface area contributed by atoms with Crippen molar-refractivity contribution in [3.63, 3.8) is 0 Å². The van der Waals surface area contributed by atoms with Gasteiger partial charge in [0.25, 0.3) is 0 Å². The third-order valence-corrected chi connectivity index (χ3v) is 3.85. The summed E-state index contributed by atoms with van der Waals surface area (Å²) < 4.78 is 5.95. The van der Waals surface area contributed by atoms with Crippen molar-refractivity contribution in [2.45, 2.75) is 13.8 Å². The van der Waals surface area contributed by atoms with E-state index in [2.05, 4.69) is 15.3 Å². The van der Waals surface area contributed by atoms with E-state index in [0.717, 1.165) is 12.2 Å². The van der Waals surface area contributed by atoms with Crippen LogP contribution < -0.4 is 10.7 Å². The smallest absolute Gasteiger partial charge is 0.155 e. The molecule has 0 saturated heterocycles. The molecule has 2 aliphatic rings. The highest BCUT2D eigenvalue weighted by Gasteiger charge is 2.13. The second-order valence-corrected chi connectivity index (χ2v) is 5.60. The Balaban J connectivity index is 2.28. The van der Waals surface area contributed by atoms with E-state index in [1.807, 2.05) is 26.0 Å². The van der Waals surface area contributed by atoms with Gasteiger partial charge in [0.2, 0.25) is 0 Å². The van der Waals surface area contributed by atoms with Crippen LogP contribution in [0.1, 0.15) is 13.8 Å². The van der Waals surface area contributed by atoms with Crippen molar-refractivity contribution in [1.82, 2.24) is 4.98 Å². The molecule has 0 spiro atoms. The fraction of sp³-hybridized carbons (Fsp3) is 0.250. The summed E-state index contributed by atoms with van der Waals surface area (Å²) in [7, 11) is 0. The van der Waals surface area contributed by atoms with Gasteiger partial charge in [-0.1, -0.05) is 23.2 Å². The molecule has 1 N–H and O–H groups in total. The largest absolute Gasteiger partial charge is 0.453 e. The third-order valence-electron chi connectivity index (χ3n) is 3.23. The first kappa shape index (κ1) is 15.1. The SMILES string of the molecule is CCN=c1cc2oc3cc(NCC)c(Cl)cc3nc-2cc1Cl. The van der Waals surface area contributed by atoms with E-state index in [9.17, 15) is 0 Å². The molecule has 1 aromatic carbocycles. The molecule has 6 heteroatoms. The number of aromatic nitrogens is 1. The fourth-order valence-electron chi connectivity index (χ4n) is 2.28. The van der Waals surface area contributed by atoms with Gasteiger partial charge in [-0.05, 0) is 26.0 Å². The second-order valence-electron chi connectivity index (χ2n) is 4.79. The zero-order chi connectivity index (χ0) is 15.7. The summed E-state index contributed by atoms with van der Waals surface area (Å²) in [5.41, 5.74) is 2.86. The van der Waals surface area contributed by atoms with Gasteiger partial charge >= 0.3 is 0 Å². The number of anilines is 1. The standard InChI is InChI=1S/C16H15Cl2N3O/c1-3-19-11-7-15-13(5-9(11)17)21-14-6-10(18)12(20-4-2)8-16(14)22-15/h5-8,19H,3-4H2,1-2H3. The molecule has 0 fully saturated rings. The Hall–Kier alpha value is -1.78. The summed E-state index contributed by atoms with van der Waals surface area (Å²) in [5.74, 6) is 0.647. The zero-order valence-corrected chi connectivity index (χ0v) is 13.8. The predicted molar refractivity (Wildman–Crippen MR) is 90.9 cm³/mol. The van der Waals surface area contributed by atoms with E-state index in [0.29, 0.717) is 44.5 Å². The number of hydrogen-bond acceptors (Lipinski definition) is 4. The normalized spacial score (nSPS) is 12.3. The Morgan fingerprint density at radius 2 is 1.95 bits per heavy atom. The van der Waals surface area contributed by atoms with E-state index in [-0.39, 0.29) is 0 Å². The molecule has 0 saturated carbocycles. The Kier molecular flexibility index (Phi) is 4.23. The van der Waals surface area contributed by atoms with Crippen molar-refractivity contribution in [2.24, 2.45) is 4.99 Å². The molecule has 1 aliphatic carbocycles. The maximum atomic E-state index is 6.25. The lowest BCUT2D eigenvalue weighted by atomic mass is 10.2. The molecule has 4 nitrogen and oxygen atoms in total. The van der Waals surface area contributed by atoms with Crippen LogP contribution >= 0.6 is 23.2 Å². The van der Waals surface area contributed by atoms with Crippen molar-refractivity contribution < 1.29 is 4.42 Å². The highest BCUT2D eigenvalue weighted by molar-refractivity contribution is 6.34. The Bertz CT molecular complexity index is 873. The number of halogens is 2. The Morgan fingerprint density at radius 3 is 2.68 bits per heavy atom. The maximum Gasteiger partial charge on any atom is 0.155 e. The molecule has 0 amide bonds. The molecular weight excluding hydrogens is 321 g/mol. The summed E-state index contributed by atoms with van der Waals surface area (Å²) >= 11 is 12.5. The molecule has 0 bridgehead atoms. The molecule has 0 aromatic heterocycles. The predicted octanol–water partition coefficient (Wildman–Crippen LogP) is 4.59. The summed E-state index contributed by atoms with van der Waals surface area (Å²) in [6, 6.07) is 7.23. The minimum absolute atomic E-state index is 0.562. The molecule has 3 rings (SSSR count). The van der Waals surface area contributed by atoms with Gasteiger partial charge in [0.05, 0.1) is 21.1 Å². The van der Waals surface area contributed by atoms with Gasteiger partial charge in [0.15, 0.2) is 11.3 Å². The van der Waals surface area contributed by atoms with Gasteiger partial charge in [0, 0.05) is 25.2 Å². The molecule has 0 atom stereocenters. The minimum atomic E-state index is 0.562. The number of rotatable bonds is 3. The summed E-state index contributed by atoms with van der Waals surface area (Å²) in [4.78, 5) is 8.91. The van der Waals surface area contributed by atoms with E-state index in [1.54, 1.807) is 12.1 Å². The van der Waals surface area contributed by atoms with Crippen LogP contribution in [0.3, 0.4) is 0 Å². The van der Waals surface area contributed by atoms with E-state index < -0.39 is 0 Å². The fourth-order valence-corrected chi connectivity index (χ4v) is 2.72. The second kappa shape index (κ2) is 6.15. The lowest BCUT2D eigenvalue weighted by Crippen LogP contribution is -2.06. The van der Waals surface area contributed by atoms with Gasteiger partial charge in [-0.15, -0.1) is 0 Å². The Morgan fingerprint density at radius 1 is 1.14 bits per heavy atom. The lowest BCUT2D eigenvalue weighted by Gasteiger charge is -2.10. The molecule has 1 heterocycles. The van der Waals surface area contributed by atoms with Crippen LogP contribution in [-0.2, 0) is 0 Å². The highest BCUT2D eigenvalue weighted by Crippen LogP contribution is 2.31.